The van der Waals surface area contributed by atoms with Gasteiger partial charge < -0.3 is 9.30 Å². The van der Waals surface area contributed by atoms with Crippen molar-refractivity contribution in [2.75, 3.05) is 18.1 Å². The number of hydrogen-bond donors (Lipinski definition) is 0. The van der Waals surface area contributed by atoms with Crippen LogP contribution < -0.4 is 0 Å². The molecule has 96 valence electrons. The summed E-state index contributed by atoms with van der Waals surface area (Å²) >= 11 is 0. The first-order valence-corrected chi connectivity index (χ1v) is 7.00. The van der Waals surface area contributed by atoms with E-state index in [1.807, 2.05) is 6.92 Å². The number of carbonyl (C=O) groups excluding carboxylic acids is 1. The predicted octanol–water partition coefficient (Wildman–Crippen LogP) is 0.532. The molecule has 0 aliphatic carbocycles. The van der Waals surface area contributed by atoms with E-state index >= 15 is 0 Å². The summed E-state index contributed by atoms with van der Waals surface area (Å²) in [6, 6.07) is 0. The average Bonchev–Trinajstić information content (AvgIpc) is 2.68. The Kier molecular flexibility index (Phi) is 5.27. The summed E-state index contributed by atoms with van der Waals surface area (Å²) in [6.45, 7) is 6.11. The van der Waals surface area contributed by atoms with E-state index in [1.165, 1.54) is 0 Å². The number of esters is 1. The van der Waals surface area contributed by atoms with Crippen LogP contribution in [0.25, 0.3) is 0 Å². The van der Waals surface area contributed by atoms with Crippen LogP contribution in [-0.4, -0.2) is 43.1 Å². The number of hydrogen-bond acceptors (Lipinski definition) is 5. The maximum absolute atomic E-state index is 11.6. The molecule has 0 aliphatic rings. The normalized spacial score (nSPS) is 12.4. The molecule has 6 nitrogen and oxygen atoms in total. The van der Waals surface area contributed by atoms with Crippen molar-refractivity contribution in [3.8, 4) is 0 Å². The minimum Gasteiger partial charge on any atom is -0.460 e. The second-order valence-electron chi connectivity index (χ2n) is 3.38. The first-order chi connectivity index (χ1) is 8.10. The predicted molar refractivity (Wildman–Crippen MR) is 64.3 cm³/mol. The third-order valence-electron chi connectivity index (χ3n) is 2.26. The van der Waals surface area contributed by atoms with E-state index in [-0.39, 0.29) is 5.82 Å². The van der Waals surface area contributed by atoms with E-state index in [1.54, 1.807) is 18.4 Å². The summed E-state index contributed by atoms with van der Waals surface area (Å²) in [5, 5.41) is 7.61. The molecule has 7 heteroatoms. The minimum absolute atomic E-state index is 0.178. The SMILES string of the molecule is CCOC(=O)c1nnc(C)n1CCS(=O)CC. The number of ether oxygens (including phenoxy) is 1. The van der Waals surface area contributed by atoms with Crippen LogP contribution in [0.1, 0.15) is 30.3 Å². The van der Waals surface area contributed by atoms with E-state index in [9.17, 15) is 9.00 Å². The molecule has 0 radical (unpaired) electrons. The van der Waals surface area contributed by atoms with Crippen molar-refractivity contribution in [2.24, 2.45) is 0 Å². The first-order valence-electron chi connectivity index (χ1n) is 5.52. The lowest BCUT2D eigenvalue weighted by molar-refractivity contribution is 0.0506. The third-order valence-corrected chi connectivity index (χ3v) is 3.54. The van der Waals surface area contributed by atoms with Crippen LogP contribution in [0, 0.1) is 6.92 Å². The van der Waals surface area contributed by atoms with Gasteiger partial charge in [0, 0.05) is 28.9 Å². The van der Waals surface area contributed by atoms with Gasteiger partial charge >= 0.3 is 5.97 Å². The van der Waals surface area contributed by atoms with Crippen molar-refractivity contribution in [3.05, 3.63) is 11.6 Å². The summed E-state index contributed by atoms with van der Waals surface area (Å²) in [7, 11) is -0.874. The van der Waals surface area contributed by atoms with Gasteiger partial charge in [-0.2, -0.15) is 0 Å². The summed E-state index contributed by atoms with van der Waals surface area (Å²) in [5.41, 5.74) is 0. The Morgan fingerprint density at radius 2 is 2.12 bits per heavy atom. The van der Waals surface area contributed by atoms with Crippen LogP contribution in [0.4, 0.5) is 0 Å². The average molecular weight is 259 g/mol. The zero-order chi connectivity index (χ0) is 12.8. The van der Waals surface area contributed by atoms with Crippen LogP contribution in [0.2, 0.25) is 0 Å². The smallest absolute Gasteiger partial charge is 0.376 e. The Balaban J connectivity index is 2.79. The second-order valence-corrected chi connectivity index (χ2v) is 5.24. The van der Waals surface area contributed by atoms with Crippen molar-refractivity contribution in [3.63, 3.8) is 0 Å². The number of aromatic nitrogens is 3. The maximum atomic E-state index is 11.6. The van der Waals surface area contributed by atoms with Gasteiger partial charge in [0.25, 0.3) is 0 Å². The maximum Gasteiger partial charge on any atom is 0.376 e. The highest BCUT2D eigenvalue weighted by Crippen LogP contribution is 2.04. The lowest BCUT2D eigenvalue weighted by atomic mass is 10.5. The number of aryl methyl sites for hydroxylation is 1. The molecule has 17 heavy (non-hydrogen) atoms. The fourth-order valence-corrected chi connectivity index (χ4v) is 2.01. The van der Waals surface area contributed by atoms with Crippen LogP contribution in [0.5, 0.6) is 0 Å². The highest BCUT2D eigenvalue weighted by molar-refractivity contribution is 7.84. The number of carbonyl (C=O) groups is 1. The quantitative estimate of drug-likeness (QED) is 0.697. The van der Waals surface area contributed by atoms with E-state index in [0.717, 1.165) is 0 Å². The molecule has 0 spiro atoms. The Hall–Kier alpha value is -1.24. The van der Waals surface area contributed by atoms with Crippen molar-refractivity contribution < 1.29 is 13.7 Å². The summed E-state index contributed by atoms with van der Waals surface area (Å²) in [4.78, 5) is 11.6. The zero-order valence-electron chi connectivity index (χ0n) is 10.3. The first kappa shape index (κ1) is 13.8. The molecule has 0 saturated heterocycles. The molecule has 0 fully saturated rings. The Bertz CT molecular complexity index is 417. The van der Waals surface area contributed by atoms with Gasteiger partial charge in [-0.05, 0) is 13.8 Å². The van der Waals surface area contributed by atoms with Gasteiger partial charge in [-0.1, -0.05) is 6.92 Å². The topological polar surface area (TPSA) is 74.1 Å². The molecule has 1 aromatic heterocycles. The Labute approximate surface area is 103 Å². The van der Waals surface area contributed by atoms with E-state index in [0.29, 0.717) is 30.5 Å². The van der Waals surface area contributed by atoms with E-state index < -0.39 is 16.8 Å². The van der Waals surface area contributed by atoms with Crippen molar-refractivity contribution in [1.29, 1.82) is 0 Å². The van der Waals surface area contributed by atoms with Gasteiger partial charge in [0.2, 0.25) is 5.82 Å². The minimum atomic E-state index is -0.874. The molecule has 1 rings (SSSR count). The zero-order valence-corrected chi connectivity index (χ0v) is 11.1. The Morgan fingerprint density at radius 1 is 1.41 bits per heavy atom. The van der Waals surface area contributed by atoms with Gasteiger partial charge in [-0.15, -0.1) is 10.2 Å². The van der Waals surface area contributed by atoms with Gasteiger partial charge in [-0.3, -0.25) is 4.21 Å². The van der Waals surface area contributed by atoms with Crippen LogP contribution in [-0.2, 0) is 22.1 Å². The molecule has 0 aromatic carbocycles. The van der Waals surface area contributed by atoms with Crippen LogP contribution in [0.3, 0.4) is 0 Å². The van der Waals surface area contributed by atoms with Gasteiger partial charge in [-0.25, -0.2) is 4.79 Å². The summed E-state index contributed by atoms with van der Waals surface area (Å²) in [6.07, 6.45) is 0. The summed E-state index contributed by atoms with van der Waals surface area (Å²) in [5.74, 6) is 1.41. The van der Waals surface area contributed by atoms with Crippen molar-refractivity contribution in [2.45, 2.75) is 27.3 Å². The second kappa shape index (κ2) is 6.48. The van der Waals surface area contributed by atoms with E-state index in [2.05, 4.69) is 10.2 Å². The van der Waals surface area contributed by atoms with Gasteiger partial charge in [0.1, 0.15) is 5.82 Å². The molecule has 1 heterocycles. The van der Waals surface area contributed by atoms with Gasteiger partial charge in [0.15, 0.2) is 0 Å². The molecule has 1 aromatic rings. The summed E-state index contributed by atoms with van der Waals surface area (Å²) < 4.78 is 17.9. The monoisotopic (exact) mass is 259 g/mol. The van der Waals surface area contributed by atoms with Crippen LogP contribution in [0.15, 0.2) is 0 Å². The highest BCUT2D eigenvalue weighted by atomic mass is 32.2. The molecular formula is C10H17N3O3S. The molecule has 1 unspecified atom stereocenters. The fraction of sp³-hybridized carbons (Fsp3) is 0.700. The lowest BCUT2D eigenvalue weighted by Gasteiger charge is -2.07. The number of nitrogens with zero attached hydrogens (tertiary/aromatic N) is 3. The standard InChI is InChI=1S/C10H17N3O3S/c1-4-16-10(14)9-12-11-8(3)13(9)6-7-17(15)5-2/h4-7H2,1-3H3. The molecule has 0 N–H and O–H groups in total. The van der Waals surface area contributed by atoms with Gasteiger partial charge in [0.05, 0.1) is 6.61 Å². The highest BCUT2D eigenvalue weighted by Gasteiger charge is 2.17. The van der Waals surface area contributed by atoms with Crippen LogP contribution >= 0.6 is 0 Å². The molecular weight excluding hydrogens is 242 g/mol. The Morgan fingerprint density at radius 3 is 2.71 bits per heavy atom. The van der Waals surface area contributed by atoms with Crippen molar-refractivity contribution >= 4 is 16.8 Å². The third kappa shape index (κ3) is 3.62. The molecule has 0 amide bonds. The molecule has 1 atom stereocenters. The molecule has 0 bridgehead atoms. The fourth-order valence-electron chi connectivity index (χ4n) is 1.33. The molecule has 0 aliphatic heterocycles. The largest absolute Gasteiger partial charge is 0.460 e. The molecule has 0 saturated carbocycles. The lowest BCUT2D eigenvalue weighted by Crippen LogP contribution is -2.17. The number of rotatable bonds is 6. The van der Waals surface area contributed by atoms with E-state index in [4.69, 9.17) is 4.74 Å². The van der Waals surface area contributed by atoms with Crippen molar-refractivity contribution in [1.82, 2.24) is 14.8 Å².